The lowest BCUT2D eigenvalue weighted by Gasteiger charge is -2.41. The fourth-order valence-electron chi connectivity index (χ4n) is 11.9. The van der Waals surface area contributed by atoms with Gasteiger partial charge in [0.15, 0.2) is 0 Å². The number of ether oxygens (including phenoxy) is 1. The van der Waals surface area contributed by atoms with Crippen LogP contribution in [0.1, 0.15) is 169 Å². The predicted molar refractivity (Wildman–Crippen MR) is 309 cm³/mol. The number of carbonyl (C=O) groups excluding carboxylic acids is 7. The zero-order valence-corrected chi connectivity index (χ0v) is 48.7. The summed E-state index contributed by atoms with van der Waals surface area (Å²) in [4.78, 5) is 102. The van der Waals surface area contributed by atoms with Crippen LogP contribution in [0.3, 0.4) is 0 Å². The van der Waals surface area contributed by atoms with Crippen LogP contribution in [0.2, 0.25) is 0 Å². The topological polar surface area (TPSA) is 195 Å². The zero-order valence-electron chi connectivity index (χ0n) is 48.7. The van der Waals surface area contributed by atoms with Crippen molar-refractivity contribution in [2.24, 2.45) is 22.7 Å². The summed E-state index contributed by atoms with van der Waals surface area (Å²) in [6, 6.07) is 25.2. The number of ketones is 1. The monoisotopic (exact) mass is 1090 g/mol. The number of hydrogen-bond acceptors (Lipinski definition) is 9. The van der Waals surface area contributed by atoms with Crippen LogP contribution in [0, 0.1) is 22.7 Å². The Morgan fingerprint density at radius 3 is 1.85 bits per heavy atom. The van der Waals surface area contributed by atoms with E-state index in [0.29, 0.717) is 17.7 Å². The largest absolute Gasteiger partial charge is 0.489 e. The van der Waals surface area contributed by atoms with Gasteiger partial charge in [-0.15, -0.1) is 0 Å². The number of aryl methyl sites for hydroxylation is 2. The molecule has 2 heterocycles. The minimum Gasteiger partial charge on any atom is -0.489 e. The first kappa shape index (κ1) is 59.3. The molecule has 2 aliphatic heterocycles. The molecular weight excluding hydrogens is 1010 g/mol. The summed E-state index contributed by atoms with van der Waals surface area (Å²) >= 11 is 0. The molecule has 6 amide bonds. The summed E-state index contributed by atoms with van der Waals surface area (Å²) in [5.74, 6) is -2.13. The van der Waals surface area contributed by atoms with Crippen LogP contribution in [-0.2, 0) is 61.2 Å². The number of benzene rings is 4. The first-order valence-corrected chi connectivity index (χ1v) is 29.1. The summed E-state index contributed by atoms with van der Waals surface area (Å²) < 4.78 is 6.36. The predicted octanol–water partition coefficient (Wildman–Crippen LogP) is 8.41. The Bertz CT molecular complexity index is 2930. The van der Waals surface area contributed by atoms with Gasteiger partial charge in [0.25, 0.3) is 5.91 Å². The van der Waals surface area contributed by atoms with Crippen molar-refractivity contribution >= 4 is 41.2 Å². The SMILES string of the molecule is CC[C@@H](C)C(=O)N[C@H](C(=O)N1Cc2ccc(OCc3ccc(C(=O)N[C@H]4C[C@@H](C(=O)NC5CCCc6ccccc65)N(C(=O)[C@@H](CC(=O)[C@H](C)NC)C(C)(C)C)C4)cc3)cc2C[C@H]1C(=O)NC1CCCc2ccccc21)C(C)(C)C. The molecule has 9 atom stereocenters. The van der Waals surface area contributed by atoms with Gasteiger partial charge in [-0.05, 0) is 139 Å². The van der Waals surface area contributed by atoms with Crippen LogP contribution in [0.25, 0.3) is 0 Å². The maximum Gasteiger partial charge on any atom is 0.251 e. The number of fused-ring (bicyclic) bond motifs is 3. The van der Waals surface area contributed by atoms with E-state index in [0.717, 1.165) is 66.3 Å². The number of likely N-dealkylation sites (N-methyl/N-ethyl adjacent to an activating group) is 1. The summed E-state index contributed by atoms with van der Waals surface area (Å²) in [5, 5.41) is 15.8. The second kappa shape index (κ2) is 25.3. The van der Waals surface area contributed by atoms with E-state index in [-0.39, 0.29) is 98.2 Å². The fourth-order valence-corrected chi connectivity index (χ4v) is 11.9. The summed E-state index contributed by atoms with van der Waals surface area (Å²) in [6.45, 7) is 17.6. The number of hydrogen-bond donors (Lipinski definition) is 5. The van der Waals surface area contributed by atoms with Crippen LogP contribution in [0.5, 0.6) is 5.75 Å². The van der Waals surface area contributed by atoms with Crippen molar-refractivity contribution < 1.29 is 38.3 Å². The Kier molecular flexibility index (Phi) is 18.7. The molecule has 0 spiro atoms. The number of likely N-dealkylation sites (tertiary alicyclic amines) is 1. The van der Waals surface area contributed by atoms with Gasteiger partial charge < -0.3 is 41.1 Å². The molecule has 2 unspecified atom stereocenters. The molecule has 2 aliphatic carbocycles. The van der Waals surface area contributed by atoms with Crippen LogP contribution < -0.4 is 31.3 Å². The van der Waals surface area contributed by atoms with Crippen molar-refractivity contribution in [1.29, 1.82) is 0 Å². The lowest BCUT2D eigenvalue weighted by Crippen LogP contribution is -2.61. The molecule has 80 heavy (non-hydrogen) atoms. The normalized spacial score (nSPS) is 21.3. The Morgan fingerprint density at radius 1 is 0.675 bits per heavy atom. The molecule has 1 saturated heterocycles. The number of nitrogens with one attached hydrogen (secondary N) is 5. The van der Waals surface area contributed by atoms with Crippen molar-refractivity contribution in [1.82, 2.24) is 36.4 Å². The maximum absolute atomic E-state index is 14.8. The minimum atomic E-state index is -0.862. The molecule has 15 heteroatoms. The molecule has 8 rings (SSSR count). The summed E-state index contributed by atoms with van der Waals surface area (Å²) in [6.07, 6.45) is 6.41. The number of rotatable bonds is 18. The van der Waals surface area contributed by atoms with Gasteiger partial charge in [-0.25, -0.2) is 0 Å². The highest BCUT2D eigenvalue weighted by Crippen LogP contribution is 2.37. The standard InChI is InChI=1S/C65H85N7O8/c1-11-39(2)58(74)70-57(65(7,8)9)63(79)71-36-45-30-31-48(32-46(45)33-54(71)60(76)68-52-24-16-20-42-18-12-14-22-49(42)52)80-38-41-26-28-44(29-27-41)59(75)67-47-34-55(61(77)69-53-25-17-21-43-19-13-15-23-50(43)53)72(37-47)62(78)51(64(4,5)6)35-56(73)40(3)66-10/h12-15,18-19,22-23,26-32,39-40,47,51-55,57,66H,11,16-17,20-21,24-25,33-38H2,1-10H3,(H,67,75)(H,68,76)(H,69,77)(H,70,74)/t39-,40+,47+,51-,52?,53?,54+,55+,57-/m1/s1. The molecule has 15 nitrogen and oxygen atoms in total. The number of carbonyl (C=O) groups is 7. The fraction of sp³-hybridized carbons (Fsp3) is 0.523. The Labute approximate surface area is 473 Å². The second-order valence-electron chi connectivity index (χ2n) is 25.0. The Hall–Kier alpha value is -6.87. The highest BCUT2D eigenvalue weighted by Gasteiger charge is 2.47. The van der Waals surface area contributed by atoms with Crippen LogP contribution >= 0.6 is 0 Å². The molecule has 5 N–H and O–H groups in total. The molecule has 0 radical (unpaired) electrons. The van der Waals surface area contributed by atoms with Gasteiger partial charge in [-0.1, -0.05) is 122 Å². The van der Waals surface area contributed by atoms with Gasteiger partial charge in [0.1, 0.15) is 36.3 Å². The molecule has 0 aromatic heterocycles. The van der Waals surface area contributed by atoms with Crippen molar-refractivity contribution in [2.45, 2.75) is 182 Å². The van der Waals surface area contributed by atoms with Crippen molar-refractivity contribution in [3.05, 3.63) is 136 Å². The molecule has 0 saturated carbocycles. The van der Waals surface area contributed by atoms with E-state index in [9.17, 15) is 33.6 Å². The lowest BCUT2D eigenvalue weighted by atomic mass is 9.76. The van der Waals surface area contributed by atoms with Gasteiger partial charge in [0.2, 0.25) is 29.5 Å². The molecule has 4 aromatic rings. The summed E-state index contributed by atoms with van der Waals surface area (Å²) in [5.41, 5.74) is 6.34. The van der Waals surface area contributed by atoms with E-state index in [1.54, 1.807) is 35.9 Å². The third-order valence-electron chi connectivity index (χ3n) is 17.2. The molecule has 428 valence electrons. The summed E-state index contributed by atoms with van der Waals surface area (Å²) in [7, 11) is 1.71. The van der Waals surface area contributed by atoms with Gasteiger partial charge in [-0.2, -0.15) is 0 Å². The Balaban J connectivity index is 0.955. The van der Waals surface area contributed by atoms with E-state index < -0.39 is 47.0 Å². The highest BCUT2D eigenvalue weighted by atomic mass is 16.5. The molecule has 1 fully saturated rings. The average molecular weight is 1090 g/mol. The lowest BCUT2D eigenvalue weighted by molar-refractivity contribution is -0.147. The quantitative estimate of drug-likeness (QED) is 0.0650. The molecule has 4 aliphatic rings. The average Bonchev–Trinajstić information content (AvgIpc) is 3.89. The van der Waals surface area contributed by atoms with E-state index in [2.05, 4.69) is 44.8 Å². The second-order valence-corrected chi connectivity index (χ2v) is 25.0. The zero-order chi connectivity index (χ0) is 57.6. The van der Waals surface area contributed by atoms with E-state index in [1.807, 2.05) is 116 Å². The van der Waals surface area contributed by atoms with Crippen LogP contribution in [0.15, 0.2) is 91.0 Å². The first-order chi connectivity index (χ1) is 38.0. The van der Waals surface area contributed by atoms with E-state index in [4.69, 9.17) is 4.74 Å². The van der Waals surface area contributed by atoms with Gasteiger partial charge in [0.05, 0.1) is 18.1 Å². The minimum absolute atomic E-state index is 0.0152. The van der Waals surface area contributed by atoms with Gasteiger partial charge in [0, 0.05) is 49.4 Å². The first-order valence-electron chi connectivity index (χ1n) is 29.1. The van der Waals surface area contributed by atoms with Crippen LogP contribution in [0.4, 0.5) is 0 Å². The maximum atomic E-state index is 14.8. The van der Waals surface area contributed by atoms with Gasteiger partial charge >= 0.3 is 0 Å². The van der Waals surface area contributed by atoms with Gasteiger partial charge in [-0.3, -0.25) is 33.6 Å². The molecule has 4 aromatic carbocycles. The third-order valence-corrected chi connectivity index (χ3v) is 17.2. The van der Waals surface area contributed by atoms with E-state index >= 15 is 0 Å². The number of nitrogens with zero attached hydrogens (tertiary/aromatic N) is 2. The molecule has 0 bridgehead atoms. The number of amides is 6. The van der Waals surface area contributed by atoms with Crippen LogP contribution in [-0.4, -0.2) is 94.8 Å². The molecular formula is C65H85N7O8. The van der Waals surface area contributed by atoms with Crippen molar-refractivity contribution in [2.75, 3.05) is 13.6 Å². The van der Waals surface area contributed by atoms with Crippen molar-refractivity contribution in [3.8, 4) is 5.75 Å². The Morgan fingerprint density at radius 2 is 1.27 bits per heavy atom. The number of Topliss-reactive ketones (excluding diaryl/α,β-unsaturated/α-hetero) is 1. The third kappa shape index (κ3) is 13.8. The van der Waals surface area contributed by atoms with Crippen molar-refractivity contribution in [3.63, 3.8) is 0 Å². The van der Waals surface area contributed by atoms with E-state index in [1.165, 1.54) is 11.1 Å². The highest BCUT2D eigenvalue weighted by molar-refractivity contribution is 5.96. The smallest absolute Gasteiger partial charge is 0.251 e.